The molecule has 2 N–H and O–H groups in total. The fraction of sp³-hybridized carbons (Fsp3) is 0.636. The standard InChI is InChI=1S/C11H19N3O/c1-4-9(5-2)6-14-7-10(11(12)15)8(3)13-14/h7,9H,4-6H2,1-3H3,(H2,12,15). The molecule has 0 atom stereocenters. The summed E-state index contributed by atoms with van der Waals surface area (Å²) in [5.74, 6) is 0.216. The first-order chi connectivity index (χ1) is 7.08. The number of primary amides is 1. The second kappa shape index (κ2) is 4.96. The number of nitrogens with two attached hydrogens (primary N) is 1. The highest BCUT2D eigenvalue weighted by Gasteiger charge is 2.11. The van der Waals surface area contributed by atoms with Crippen LogP contribution in [0.5, 0.6) is 0 Å². The Bertz CT molecular complexity index is 340. The van der Waals surface area contributed by atoms with Crippen molar-refractivity contribution in [2.45, 2.75) is 40.2 Å². The number of carbonyl (C=O) groups excluding carboxylic acids is 1. The molecule has 1 amide bonds. The SMILES string of the molecule is CCC(CC)Cn1cc(C(N)=O)c(C)n1. The van der Waals surface area contributed by atoms with Crippen molar-refractivity contribution < 1.29 is 4.79 Å². The van der Waals surface area contributed by atoms with Crippen LogP contribution in [-0.2, 0) is 6.54 Å². The molecule has 0 aromatic carbocycles. The number of carbonyl (C=O) groups is 1. The summed E-state index contributed by atoms with van der Waals surface area (Å²) in [6.07, 6.45) is 4.00. The van der Waals surface area contributed by atoms with E-state index in [-0.39, 0.29) is 0 Å². The number of nitrogens with zero attached hydrogens (tertiary/aromatic N) is 2. The largest absolute Gasteiger partial charge is 0.365 e. The van der Waals surface area contributed by atoms with Crippen LogP contribution in [0, 0.1) is 12.8 Å². The van der Waals surface area contributed by atoms with E-state index >= 15 is 0 Å². The van der Waals surface area contributed by atoms with Crippen molar-refractivity contribution in [2.24, 2.45) is 11.7 Å². The zero-order valence-corrected chi connectivity index (χ0v) is 9.66. The van der Waals surface area contributed by atoms with Gasteiger partial charge in [0.1, 0.15) is 0 Å². The van der Waals surface area contributed by atoms with Gasteiger partial charge in [0, 0.05) is 12.7 Å². The van der Waals surface area contributed by atoms with Crippen LogP contribution in [0.1, 0.15) is 42.7 Å². The molecular formula is C11H19N3O. The van der Waals surface area contributed by atoms with Gasteiger partial charge in [-0.3, -0.25) is 9.48 Å². The molecule has 0 fully saturated rings. The van der Waals surface area contributed by atoms with Gasteiger partial charge < -0.3 is 5.73 Å². The number of hydrogen-bond acceptors (Lipinski definition) is 2. The first-order valence-electron chi connectivity index (χ1n) is 5.42. The highest BCUT2D eigenvalue weighted by molar-refractivity contribution is 5.93. The minimum absolute atomic E-state index is 0.400. The van der Waals surface area contributed by atoms with Gasteiger partial charge in [-0.2, -0.15) is 5.10 Å². The number of hydrogen-bond donors (Lipinski definition) is 1. The topological polar surface area (TPSA) is 60.9 Å². The van der Waals surface area contributed by atoms with Crippen LogP contribution in [0.3, 0.4) is 0 Å². The molecule has 15 heavy (non-hydrogen) atoms. The number of rotatable bonds is 5. The molecule has 1 aromatic heterocycles. The van der Waals surface area contributed by atoms with Crippen LogP contribution in [-0.4, -0.2) is 15.7 Å². The molecule has 1 rings (SSSR count). The van der Waals surface area contributed by atoms with Gasteiger partial charge in [0.25, 0.3) is 5.91 Å². The Kier molecular flexibility index (Phi) is 3.88. The molecule has 1 heterocycles. The van der Waals surface area contributed by atoms with Gasteiger partial charge in [-0.15, -0.1) is 0 Å². The third kappa shape index (κ3) is 2.81. The lowest BCUT2D eigenvalue weighted by Gasteiger charge is -2.11. The Balaban J connectivity index is 2.79. The molecule has 4 heteroatoms. The average Bonchev–Trinajstić information content (AvgIpc) is 2.56. The van der Waals surface area contributed by atoms with E-state index < -0.39 is 5.91 Å². The number of aromatic nitrogens is 2. The van der Waals surface area contributed by atoms with Gasteiger partial charge in [0.05, 0.1) is 11.3 Å². The summed E-state index contributed by atoms with van der Waals surface area (Å²) in [6.45, 7) is 7.00. The summed E-state index contributed by atoms with van der Waals surface area (Å²) in [5.41, 5.74) is 6.48. The lowest BCUT2D eigenvalue weighted by molar-refractivity contribution is 0.0999. The van der Waals surface area contributed by atoms with Crippen LogP contribution in [0.15, 0.2) is 6.20 Å². The average molecular weight is 209 g/mol. The van der Waals surface area contributed by atoms with E-state index in [9.17, 15) is 4.79 Å². The van der Waals surface area contributed by atoms with Gasteiger partial charge >= 0.3 is 0 Å². The molecular weight excluding hydrogens is 190 g/mol. The molecule has 0 aliphatic heterocycles. The smallest absolute Gasteiger partial charge is 0.252 e. The Morgan fingerprint density at radius 1 is 1.53 bits per heavy atom. The molecule has 0 saturated heterocycles. The lowest BCUT2D eigenvalue weighted by atomic mass is 10.0. The van der Waals surface area contributed by atoms with Gasteiger partial charge in [0.15, 0.2) is 0 Å². The summed E-state index contributed by atoms with van der Waals surface area (Å²) in [5, 5.41) is 4.28. The maximum absolute atomic E-state index is 11.0. The second-order valence-electron chi connectivity index (χ2n) is 3.90. The van der Waals surface area contributed by atoms with E-state index in [4.69, 9.17) is 5.73 Å². The zero-order chi connectivity index (χ0) is 11.4. The third-order valence-corrected chi connectivity index (χ3v) is 2.81. The highest BCUT2D eigenvalue weighted by Crippen LogP contribution is 2.12. The Morgan fingerprint density at radius 2 is 2.13 bits per heavy atom. The number of amides is 1. The van der Waals surface area contributed by atoms with Gasteiger partial charge in [-0.1, -0.05) is 26.7 Å². The van der Waals surface area contributed by atoms with Crippen molar-refractivity contribution in [3.8, 4) is 0 Å². The van der Waals surface area contributed by atoms with Gasteiger partial charge in [-0.25, -0.2) is 0 Å². The van der Waals surface area contributed by atoms with E-state index in [1.54, 1.807) is 6.20 Å². The van der Waals surface area contributed by atoms with Crippen molar-refractivity contribution in [1.29, 1.82) is 0 Å². The van der Waals surface area contributed by atoms with Crippen LogP contribution in [0.4, 0.5) is 0 Å². The van der Waals surface area contributed by atoms with Crippen LogP contribution >= 0.6 is 0 Å². The predicted octanol–water partition coefficient (Wildman–Crippen LogP) is 1.73. The first-order valence-corrected chi connectivity index (χ1v) is 5.42. The summed E-state index contributed by atoms with van der Waals surface area (Å²) in [6, 6.07) is 0. The first kappa shape index (κ1) is 11.8. The number of aryl methyl sites for hydroxylation is 1. The maximum Gasteiger partial charge on any atom is 0.252 e. The summed E-state index contributed by atoms with van der Waals surface area (Å²) >= 11 is 0. The quantitative estimate of drug-likeness (QED) is 0.802. The zero-order valence-electron chi connectivity index (χ0n) is 9.66. The molecule has 0 bridgehead atoms. The Labute approximate surface area is 90.5 Å². The molecule has 0 aliphatic rings. The van der Waals surface area contributed by atoms with Crippen molar-refractivity contribution in [3.63, 3.8) is 0 Å². The molecule has 4 nitrogen and oxygen atoms in total. The van der Waals surface area contributed by atoms with Crippen LogP contribution in [0.25, 0.3) is 0 Å². The van der Waals surface area contributed by atoms with Crippen LogP contribution < -0.4 is 5.73 Å². The fourth-order valence-electron chi connectivity index (χ4n) is 1.66. The normalized spacial score (nSPS) is 10.9. The van der Waals surface area contributed by atoms with Crippen LogP contribution in [0.2, 0.25) is 0 Å². The van der Waals surface area contributed by atoms with Gasteiger partial charge in [0.2, 0.25) is 0 Å². The van der Waals surface area contributed by atoms with E-state index in [2.05, 4.69) is 18.9 Å². The molecule has 0 saturated carbocycles. The maximum atomic E-state index is 11.0. The summed E-state index contributed by atoms with van der Waals surface area (Å²) < 4.78 is 1.83. The van der Waals surface area contributed by atoms with Crippen molar-refractivity contribution >= 4 is 5.91 Å². The minimum Gasteiger partial charge on any atom is -0.365 e. The second-order valence-corrected chi connectivity index (χ2v) is 3.90. The summed E-state index contributed by atoms with van der Waals surface area (Å²) in [7, 11) is 0. The molecule has 0 spiro atoms. The van der Waals surface area contributed by atoms with Crippen molar-refractivity contribution in [3.05, 3.63) is 17.5 Å². The molecule has 0 aliphatic carbocycles. The third-order valence-electron chi connectivity index (χ3n) is 2.81. The van der Waals surface area contributed by atoms with E-state index in [0.29, 0.717) is 17.2 Å². The lowest BCUT2D eigenvalue weighted by Crippen LogP contribution is -2.11. The highest BCUT2D eigenvalue weighted by atomic mass is 16.1. The van der Waals surface area contributed by atoms with Gasteiger partial charge in [-0.05, 0) is 12.8 Å². The van der Waals surface area contributed by atoms with E-state index in [1.165, 1.54) is 0 Å². The molecule has 0 radical (unpaired) electrons. The molecule has 1 aromatic rings. The van der Waals surface area contributed by atoms with Crippen molar-refractivity contribution in [2.75, 3.05) is 0 Å². The molecule has 0 unspecified atom stereocenters. The fourth-order valence-corrected chi connectivity index (χ4v) is 1.66. The Morgan fingerprint density at radius 3 is 2.53 bits per heavy atom. The monoisotopic (exact) mass is 209 g/mol. The summed E-state index contributed by atoms with van der Waals surface area (Å²) in [4.78, 5) is 11.0. The Hall–Kier alpha value is -1.32. The van der Waals surface area contributed by atoms with E-state index in [0.717, 1.165) is 19.4 Å². The molecule has 84 valence electrons. The minimum atomic E-state index is -0.400. The predicted molar refractivity (Wildman–Crippen MR) is 59.6 cm³/mol. The van der Waals surface area contributed by atoms with Crippen molar-refractivity contribution in [1.82, 2.24) is 9.78 Å². The van der Waals surface area contributed by atoms with E-state index in [1.807, 2.05) is 11.6 Å².